The topological polar surface area (TPSA) is 94.5 Å². The van der Waals surface area contributed by atoms with Crippen LogP contribution in [0.25, 0.3) is 0 Å². The lowest BCUT2D eigenvalue weighted by Gasteiger charge is -2.62. The molecule has 1 aromatic rings. The Morgan fingerprint density at radius 3 is 2.62 bits per heavy atom. The fourth-order valence-corrected chi connectivity index (χ4v) is 6.66. The number of fused-ring (bicyclic) bond motifs is 1. The van der Waals surface area contributed by atoms with Crippen LogP contribution in [0, 0.1) is 0 Å². The number of piperidine rings is 1. The highest BCUT2D eigenvalue weighted by Gasteiger charge is 2.75. The van der Waals surface area contributed by atoms with Crippen molar-refractivity contribution in [3.8, 4) is 11.5 Å². The predicted octanol–water partition coefficient (Wildman–Crippen LogP) is 1.22. The van der Waals surface area contributed by atoms with E-state index in [2.05, 4.69) is 4.18 Å². The van der Waals surface area contributed by atoms with Gasteiger partial charge in [0.1, 0.15) is 5.60 Å². The van der Waals surface area contributed by atoms with Crippen LogP contribution in [-0.2, 0) is 31.4 Å². The third kappa shape index (κ3) is 2.24. The van der Waals surface area contributed by atoms with Crippen LogP contribution in [0.1, 0.15) is 17.5 Å². The molecule has 32 heavy (non-hydrogen) atoms. The SMILES string of the molecule is CN1CC[C@@]23c4c5ccc(OS(=O)(=O)C(F)(F)F)c4OC2C2(C=CC3(O)[C@@H]1C5)OCCO2. The standard InChI is InChI=1S/C20H20F3NO7S/c1-24-7-6-17-14-11-2-3-12(31-32(26,27)20(21,22)23)15(14)30-16(17)19(28-8-9-29-19)5-4-18(17,25)13(24)10-11/h2-5,13,16,25H,6-10H2,1H3/t13-,16?,17+,18?/m0/s1. The summed E-state index contributed by atoms with van der Waals surface area (Å²) in [6.07, 6.45) is 3.12. The van der Waals surface area contributed by atoms with Crippen molar-refractivity contribution in [2.75, 3.05) is 26.8 Å². The van der Waals surface area contributed by atoms with Gasteiger partial charge in [-0.3, -0.25) is 4.90 Å². The molecule has 1 aromatic carbocycles. The number of rotatable bonds is 2. The first kappa shape index (κ1) is 20.7. The summed E-state index contributed by atoms with van der Waals surface area (Å²) in [5.74, 6) is -2.04. The van der Waals surface area contributed by atoms with E-state index in [0.717, 1.165) is 5.56 Å². The molecule has 2 saturated heterocycles. The molecule has 0 aromatic heterocycles. The van der Waals surface area contributed by atoms with Crippen LogP contribution in [0.15, 0.2) is 24.3 Å². The zero-order chi connectivity index (χ0) is 22.7. The average molecular weight is 475 g/mol. The van der Waals surface area contributed by atoms with E-state index in [4.69, 9.17) is 14.2 Å². The van der Waals surface area contributed by atoms with Gasteiger partial charge < -0.3 is 23.5 Å². The quantitative estimate of drug-likeness (QED) is 0.388. The van der Waals surface area contributed by atoms with E-state index in [1.54, 1.807) is 18.2 Å². The van der Waals surface area contributed by atoms with Crippen molar-refractivity contribution in [2.24, 2.45) is 0 Å². The summed E-state index contributed by atoms with van der Waals surface area (Å²) >= 11 is 0. The Kier molecular flexibility index (Phi) is 3.87. The zero-order valence-corrected chi connectivity index (χ0v) is 17.7. The van der Waals surface area contributed by atoms with Gasteiger partial charge in [-0.25, -0.2) is 0 Å². The fraction of sp³-hybridized carbons (Fsp3) is 0.600. The molecule has 0 amide bonds. The second kappa shape index (κ2) is 5.98. The highest BCUT2D eigenvalue weighted by atomic mass is 32.2. The van der Waals surface area contributed by atoms with E-state index in [9.17, 15) is 26.7 Å². The normalized spacial score (nSPS) is 36.8. The van der Waals surface area contributed by atoms with Crippen LogP contribution < -0.4 is 8.92 Å². The molecule has 0 saturated carbocycles. The van der Waals surface area contributed by atoms with E-state index in [0.29, 0.717) is 24.9 Å². The molecule has 5 aliphatic rings. The molecule has 6 rings (SSSR count). The summed E-state index contributed by atoms with van der Waals surface area (Å²) in [6.45, 7) is 1.13. The molecule has 12 heteroatoms. The number of halogens is 3. The van der Waals surface area contributed by atoms with E-state index in [1.165, 1.54) is 6.07 Å². The fourth-order valence-electron chi connectivity index (χ4n) is 6.20. The Morgan fingerprint density at radius 1 is 1.22 bits per heavy atom. The number of likely N-dealkylation sites (N-methyl/N-ethyl adjacent to an activating group) is 1. The maximum Gasteiger partial charge on any atom is 0.534 e. The summed E-state index contributed by atoms with van der Waals surface area (Å²) in [6, 6.07) is 2.39. The lowest BCUT2D eigenvalue weighted by atomic mass is 9.50. The molecule has 1 N–H and O–H groups in total. The third-order valence-corrected chi connectivity index (χ3v) is 8.49. The number of aliphatic hydroxyl groups is 1. The molecule has 174 valence electrons. The number of hydrogen-bond donors (Lipinski definition) is 1. The third-order valence-electron chi connectivity index (χ3n) is 7.52. The summed E-state index contributed by atoms with van der Waals surface area (Å²) in [4.78, 5) is 2.04. The van der Waals surface area contributed by atoms with Gasteiger partial charge >= 0.3 is 15.6 Å². The van der Waals surface area contributed by atoms with Crippen molar-refractivity contribution in [3.05, 3.63) is 35.4 Å². The van der Waals surface area contributed by atoms with Crippen molar-refractivity contribution in [3.63, 3.8) is 0 Å². The molecule has 2 bridgehead atoms. The largest absolute Gasteiger partial charge is 0.534 e. The Hall–Kier alpha value is -1.86. The van der Waals surface area contributed by atoms with E-state index in [1.807, 2.05) is 11.9 Å². The zero-order valence-electron chi connectivity index (χ0n) is 16.9. The molecule has 2 spiro atoms. The van der Waals surface area contributed by atoms with Crippen molar-refractivity contribution < 1.29 is 45.1 Å². The van der Waals surface area contributed by atoms with Gasteiger partial charge in [0, 0.05) is 11.6 Å². The molecule has 2 fully saturated rings. The van der Waals surface area contributed by atoms with Gasteiger partial charge in [0.2, 0.25) is 5.79 Å². The van der Waals surface area contributed by atoms with Crippen LogP contribution in [0.5, 0.6) is 11.5 Å². The molecule has 2 aliphatic carbocycles. The van der Waals surface area contributed by atoms with Crippen LogP contribution >= 0.6 is 0 Å². The smallest absolute Gasteiger partial charge is 0.479 e. The molecule has 2 unspecified atom stereocenters. The van der Waals surface area contributed by atoms with E-state index >= 15 is 0 Å². The lowest BCUT2D eigenvalue weighted by Crippen LogP contribution is -2.77. The molecular weight excluding hydrogens is 455 g/mol. The van der Waals surface area contributed by atoms with Crippen molar-refractivity contribution in [2.45, 2.75) is 47.3 Å². The number of alkyl halides is 3. The predicted molar refractivity (Wildman–Crippen MR) is 102 cm³/mol. The monoisotopic (exact) mass is 475 g/mol. The Labute approximate surface area is 181 Å². The molecule has 8 nitrogen and oxygen atoms in total. The number of benzene rings is 1. The Balaban J connectivity index is 1.59. The maximum absolute atomic E-state index is 13.0. The second-order valence-corrected chi connectivity index (χ2v) is 10.4. The van der Waals surface area contributed by atoms with Crippen molar-refractivity contribution in [1.82, 2.24) is 4.90 Å². The van der Waals surface area contributed by atoms with Crippen molar-refractivity contribution >= 4 is 10.1 Å². The molecule has 3 aliphatic heterocycles. The minimum Gasteiger partial charge on any atom is -0.479 e. The molecule has 3 heterocycles. The first-order valence-electron chi connectivity index (χ1n) is 10.2. The first-order valence-corrected chi connectivity index (χ1v) is 11.6. The van der Waals surface area contributed by atoms with E-state index in [-0.39, 0.29) is 25.0 Å². The van der Waals surface area contributed by atoms with Gasteiger partial charge in [0.25, 0.3) is 0 Å². The average Bonchev–Trinajstić information content (AvgIpc) is 3.31. The summed E-state index contributed by atoms with van der Waals surface area (Å²) in [5.41, 5.74) is -6.91. The summed E-state index contributed by atoms with van der Waals surface area (Å²) in [7, 11) is -4.01. The number of hydrogen-bond acceptors (Lipinski definition) is 8. The highest BCUT2D eigenvalue weighted by molar-refractivity contribution is 7.88. The second-order valence-electron chi connectivity index (χ2n) is 8.91. The van der Waals surface area contributed by atoms with Crippen LogP contribution in [0.3, 0.4) is 0 Å². The molecular formula is C20H20F3NO7S. The Morgan fingerprint density at radius 2 is 1.94 bits per heavy atom. The minimum atomic E-state index is -5.92. The van der Waals surface area contributed by atoms with Gasteiger partial charge in [-0.2, -0.15) is 21.6 Å². The number of nitrogens with zero attached hydrogens (tertiary/aromatic N) is 1. The molecule has 4 atom stereocenters. The summed E-state index contributed by atoms with van der Waals surface area (Å²) in [5, 5.41) is 12.0. The van der Waals surface area contributed by atoms with Gasteiger partial charge in [0.15, 0.2) is 17.6 Å². The number of likely N-dealkylation sites (tertiary alicyclic amines) is 1. The van der Waals surface area contributed by atoms with Gasteiger partial charge in [-0.15, -0.1) is 0 Å². The lowest BCUT2D eigenvalue weighted by molar-refractivity contribution is -0.237. The van der Waals surface area contributed by atoms with Gasteiger partial charge in [-0.05, 0) is 50.2 Å². The van der Waals surface area contributed by atoms with Gasteiger partial charge in [0.05, 0.1) is 18.6 Å². The van der Waals surface area contributed by atoms with Crippen LogP contribution in [0.2, 0.25) is 0 Å². The van der Waals surface area contributed by atoms with Crippen LogP contribution in [-0.4, -0.2) is 74.3 Å². The first-order chi connectivity index (χ1) is 15.0. The number of ether oxygens (including phenoxy) is 3. The van der Waals surface area contributed by atoms with Crippen molar-refractivity contribution in [1.29, 1.82) is 0 Å². The Bertz CT molecular complexity index is 1150. The minimum absolute atomic E-state index is 0.121. The summed E-state index contributed by atoms with van der Waals surface area (Å²) < 4.78 is 85.0. The van der Waals surface area contributed by atoms with E-state index < -0.39 is 44.3 Å². The van der Waals surface area contributed by atoms with Crippen LogP contribution in [0.4, 0.5) is 13.2 Å². The molecule has 0 radical (unpaired) electrons. The maximum atomic E-state index is 13.0. The van der Waals surface area contributed by atoms with Gasteiger partial charge in [-0.1, -0.05) is 6.07 Å². The highest BCUT2D eigenvalue weighted by Crippen LogP contribution is 2.66.